The summed E-state index contributed by atoms with van der Waals surface area (Å²) in [6.07, 6.45) is 0.325. The summed E-state index contributed by atoms with van der Waals surface area (Å²) >= 11 is 3.41. The largest absolute Gasteiger partial charge is 0.481 e. The average Bonchev–Trinajstić information content (AvgIpc) is 3.06. The van der Waals surface area contributed by atoms with Gasteiger partial charge in [-0.25, -0.2) is 4.79 Å². The number of benzene rings is 2. The van der Waals surface area contributed by atoms with Crippen LogP contribution in [-0.2, 0) is 22.6 Å². The highest BCUT2D eigenvalue weighted by atomic mass is 79.9. The van der Waals surface area contributed by atoms with Crippen LogP contribution >= 0.6 is 15.9 Å². The van der Waals surface area contributed by atoms with Gasteiger partial charge in [-0.3, -0.25) is 4.79 Å². The number of carboxylic acid groups (broad SMARTS) is 1. The summed E-state index contributed by atoms with van der Waals surface area (Å²) in [6, 6.07) is 17.0. The third kappa shape index (κ3) is 4.25. The number of amides is 1. The summed E-state index contributed by atoms with van der Waals surface area (Å²) in [5.41, 5.74) is 0.854. The van der Waals surface area contributed by atoms with E-state index in [1.165, 1.54) is 4.90 Å². The van der Waals surface area contributed by atoms with Gasteiger partial charge in [0.15, 0.2) is 0 Å². The number of hydrogen-bond donors (Lipinski definition) is 1. The van der Waals surface area contributed by atoms with Crippen molar-refractivity contribution in [3.63, 3.8) is 0 Å². The Morgan fingerprint density at radius 3 is 2.54 bits per heavy atom. The van der Waals surface area contributed by atoms with Gasteiger partial charge in [-0.1, -0.05) is 58.4 Å². The number of carboxylic acids is 1. The molecular weight excluding hydrogens is 398 g/mol. The van der Waals surface area contributed by atoms with E-state index in [0.717, 1.165) is 15.6 Å². The van der Waals surface area contributed by atoms with Gasteiger partial charge >= 0.3 is 12.1 Å². The summed E-state index contributed by atoms with van der Waals surface area (Å²) in [4.78, 5) is 25.8. The van der Waals surface area contributed by atoms with Crippen molar-refractivity contribution < 1.29 is 19.4 Å². The van der Waals surface area contributed by atoms with Crippen molar-refractivity contribution >= 4 is 28.0 Å². The molecule has 0 radical (unpaired) electrons. The highest BCUT2D eigenvalue weighted by Gasteiger charge is 2.46. The summed E-state index contributed by atoms with van der Waals surface area (Å²) in [5, 5.41) is 9.81. The maximum atomic E-state index is 12.3. The lowest BCUT2D eigenvalue weighted by Gasteiger charge is -2.24. The molecule has 1 N–H and O–H groups in total. The molecule has 136 valence electrons. The van der Waals surface area contributed by atoms with Crippen molar-refractivity contribution in [2.24, 2.45) is 5.41 Å². The summed E-state index contributed by atoms with van der Waals surface area (Å²) in [5.74, 6) is -0.879. The minimum absolute atomic E-state index is 0.155. The molecule has 1 aliphatic rings. The zero-order valence-corrected chi connectivity index (χ0v) is 15.8. The third-order valence-corrected chi connectivity index (χ3v) is 5.20. The molecule has 1 amide bonds. The fourth-order valence-electron chi connectivity index (χ4n) is 3.27. The van der Waals surface area contributed by atoms with Crippen molar-refractivity contribution in [1.82, 2.24) is 4.90 Å². The molecule has 0 bridgehead atoms. The second-order valence-electron chi connectivity index (χ2n) is 6.60. The van der Waals surface area contributed by atoms with Crippen molar-refractivity contribution in [2.45, 2.75) is 19.4 Å². The molecule has 26 heavy (non-hydrogen) atoms. The lowest BCUT2D eigenvalue weighted by Crippen LogP contribution is -2.38. The first-order valence-electron chi connectivity index (χ1n) is 8.42. The minimum Gasteiger partial charge on any atom is -0.481 e. The van der Waals surface area contributed by atoms with E-state index in [2.05, 4.69) is 15.9 Å². The van der Waals surface area contributed by atoms with Crippen LogP contribution in [0.5, 0.6) is 0 Å². The minimum atomic E-state index is -0.980. The van der Waals surface area contributed by atoms with E-state index in [1.807, 2.05) is 54.6 Å². The van der Waals surface area contributed by atoms with E-state index in [9.17, 15) is 14.7 Å². The van der Waals surface area contributed by atoms with Gasteiger partial charge in [-0.15, -0.1) is 0 Å². The number of halogens is 1. The number of carbonyl (C=O) groups is 2. The predicted octanol–water partition coefficient (Wildman–Crippen LogP) is 4.11. The van der Waals surface area contributed by atoms with Crippen molar-refractivity contribution in [1.29, 1.82) is 0 Å². The molecule has 1 fully saturated rings. The van der Waals surface area contributed by atoms with E-state index in [1.54, 1.807) is 0 Å². The van der Waals surface area contributed by atoms with Gasteiger partial charge in [0.05, 0.1) is 5.41 Å². The highest BCUT2D eigenvalue weighted by Crippen LogP contribution is 2.35. The van der Waals surface area contributed by atoms with Gasteiger partial charge in [0.25, 0.3) is 0 Å². The zero-order valence-electron chi connectivity index (χ0n) is 14.2. The Bertz CT molecular complexity index is 795. The number of likely N-dealkylation sites (tertiary alicyclic amines) is 1. The van der Waals surface area contributed by atoms with Crippen molar-refractivity contribution in [3.8, 4) is 0 Å². The van der Waals surface area contributed by atoms with Crippen LogP contribution in [0.2, 0.25) is 0 Å². The SMILES string of the molecule is O=C(OCc1ccccc1)N1CCC(Cc2cccc(Br)c2)(C(=O)O)C1. The highest BCUT2D eigenvalue weighted by molar-refractivity contribution is 9.10. The van der Waals surface area contributed by atoms with Crippen molar-refractivity contribution in [2.75, 3.05) is 13.1 Å². The smallest absolute Gasteiger partial charge is 0.410 e. The molecule has 0 aliphatic carbocycles. The molecule has 3 rings (SSSR count). The lowest BCUT2D eigenvalue weighted by molar-refractivity contribution is -0.148. The average molecular weight is 418 g/mol. The Morgan fingerprint density at radius 2 is 1.85 bits per heavy atom. The molecule has 6 heteroatoms. The second kappa shape index (κ2) is 7.91. The van der Waals surface area contributed by atoms with Crippen LogP contribution < -0.4 is 0 Å². The first-order valence-corrected chi connectivity index (χ1v) is 9.21. The molecule has 1 heterocycles. The van der Waals surface area contributed by atoms with E-state index in [-0.39, 0.29) is 13.2 Å². The molecule has 0 spiro atoms. The van der Waals surface area contributed by atoms with E-state index >= 15 is 0 Å². The predicted molar refractivity (Wildman–Crippen MR) is 101 cm³/mol. The van der Waals surface area contributed by atoms with Gasteiger partial charge in [0, 0.05) is 17.6 Å². The number of nitrogens with zero attached hydrogens (tertiary/aromatic N) is 1. The molecule has 1 saturated heterocycles. The van der Waals surface area contributed by atoms with Crippen LogP contribution in [-0.4, -0.2) is 35.2 Å². The van der Waals surface area contributed by atoms with E-state index < -0.39 is 17.5 Å². The standard InChI is InChI=1S/C20H20BrNO4/c21-17-8-4-7-16(11-17)12-20(18(23)24)9-10-22(14-20)19(25)26-13-15-5-2-1-3-6-15/h1-8,11H,9-10,12-14H2,(H,23,24). The van der Waals surface area contributed by atoms with Crippen LogP contribution in [0.15, 0.2) is 59.1 Å². The summed E-state index contributed by atoms with van der Waals surface area (Å²) in [6.45, 7) is 0.721. The van der Waals surface area contributed by atoms with Gasteiger partial charge in [-0.2, -0.15) is 0 Å². The van der Waals surface area contributed by atoms with Gasteiger partial charge in [-0.05, 0) is 36.1 Å². The van der Waals surface area contributed by atoms with Crippen LogP contribution in [0, 0.1) is 5.41 Å². The summed E-state index contributed by atoms with van der Waals surface area (Å²) < 4.78 is 6.25. The maximum absolute atomic E-state index is 12.3. The monoisotopic (exact) mass is 417 g/mol. The maximum Gasteiger partial charge on any atom is 0.410 e. The van der Waals surface area contributed by atoms with Crippen LogP contribution in [0.25, 0.3) is 0 Å². The second-order valence-corrected chi connectivity index (χ2v) is 7.52. The van der Waals surface area contributed by atoms with Crippen LogP contribution in [0.1, 0.15) is 17.5 Å². The molecule has 1 atom stereocenters. The lowest BCUT2D eigenvalue weighted by atomic mass is 9.81. The van der Waals surface area contributed by atoms with Crippen LogP contribution in [0.3, 0.4) is 0 Å². The van der Waals surface area contributed by atoms with E-state index in [4.69, 9.17) is 4.74 Å². The molecular formula is C20H20BrNO4. The number of hydrogen-bond acceptors (Lipinski definition) is 3. The normalized spacial score (nSPS) is 19.3. The first-order chi connectivity index (χ1) is 12.5. The number of rotatable bonds is 5. The third-order valence-electron chi connectivity index (χ3n) is 4.70. The Kier molecular flexibility index (Phi) is 5.61. The Morgan fingerprint density at radius 1 is 1.12 bits per heavy atom. The van der Waals surface area contributed by atoms with Crippen LogP contribution in [0.4, 0.5) is 4.79 Å². The Labute approximate surface area is 160 Å². The van der Waals surface area contributed by atoms with Crippen molar-refractivity contribution in [3.05, 3.63) is 70.2 Å². The first kappa shape index (κ1) is 18.5. The molecule has 2 aromatic rings. The quantitative estimate of drug-likeness (QED) is 0.794. The Balaban J connectivity index is 1.65. The van der Waals surface area contributed by atoms with Gasteiger partial charge in [0.1, 0.15) is 6.61 Å². The zero-order chi connectivity index (χ0) is 18.6. The number of aliphatic carboxylic acids is 1. The molecule has 5 nitrogen and oxygen atoms in total. The molecule has 2 aromatic carbocycles. The molecule has 0 aromatic heterocycles. The van der Waals surface area contributed by atoms with E-state index in [0.29, 0.717) is 19.4 Å². The fourth-order valence-corrected chi connectivity index (χ4v) is 3.72. The topological polar surface area (TPSA) is 66.8 Å². The molecule has 1 unspecified atom stereocenters. The van der Waals surface area contributed by atoms with Gasteiger partial charge in [0.2, 0.25) is 0 Å². The molecule has 0 saturated carbocycles. The number of ether oxygens (including phenoxy) is 1. The molecule has 1 aliphatic heterocycles. The fraction of sp³-hybridized carbons (Fsp3) is 0.300. The Hall–Kier alpha value is -2.34. The summed E-state index contributed by atoms with van der Waals surface area (Å²) in [7, 11) is 0. The number of carbonyl (C=O) groups excluding carboxylic acids is 1. The van der Waals surface area contributed by atoms with Gasteiger partial charge < -0.3 is 14.7 Å².